The predicted molar refractivity (Wildman–Crippen MR) is 76.6 cm³/mol. The molecule has 0 aliphatic rings. The first kappa shape index (κ1) is 19.2. The Kier molecular flexibility index (Phi) is 8.45. The van der Waals surface area contributed by atoms with Crippen LogP contribution < -0.4 is 5.32 Å². The number of carbonyl (C=O) groups excluding carboxylic acids is 3. The van der Waals surface area contributed by atoms with E-state index in [0.29, 0.717) is 0 Å². The number of carbonyl (C=O) groups is 4. The van der Waals surface area contributed by atoms with Gasteiger partial charge in [0.25, 0.3) is 0 Å². The third kappa shape index (κ3) is 6.03. The average molecular weight is 300 g/mol. The molecule has 1 atom stereocenters. The molecule has 0 saturated carbocycles. The number of aliphatic carboxylic acids is 1. The monoisotopic (exact) mass is 300 g/mol. The van der Waals surface area contributed by atoms with Crippen LogP contribution in [0.15, 0.2) is 0 Å². The van der Waals surface area contributed by atoms with Crippen LogP contribution in [0.25, 0.3) is 0 Å². The molecule has 0 saturated heterocycles. The molecule has 0 fully saturated rings. The lowest BCUT2D eigenvalue weighted by molar-refractivity contribution is -0.152. The fourth-order valence-corrected chi connectivity index (χ4v) is 1.85. The fourth-order valence-electron chi connectivity index (χ4n) is 1.85. The third-order valence-corrected chi connectivity index (χ3v) is 2.97. The normalized spacial score (nSPS) is 12.0. The maximum Gasteiger partial charge on any atom is 0.317 e. The number of carboxylic acids is 1. The van der Waals surface area contributed by atoms with Crippen molar-refractivity contribution in [3.8, 4) is 0 Å². The fraction of sp³-hybridized carbons (Fsp3) is 0.714. The summed E-state index contributed by atoms with van der Waals surface area (Å²) in [6, 6.07) is -0.968. The zero-order valence-electron chi connectivity index (χ0n) is 13.0. The van der Waals surface area contributed by atoms with Crippen LogP contribution in [0.5, 0.6) is 0 Å². The van der Waals surface area contributed by atoms with Crippen LogP contribution in [0.3, 0.4) is 0 Å². The lowest BCUT2D eigenvalue weighted by Crippen LogP contribution is -2.54. The molecule has 0 aliphatic carbocycles. The number of nitrogens with zero attached hydrogens (tertiary/aromatic N) is 1. The van der Waals surface area contributed by atoms with Crippen LogP contribution in [0.2, 0.25) is 0 Å². The summed E-state index contributed by atoms with van der Waals surface area (Å²) in [5.74, 6) is -2.56. The Balaban J connectivity index is 5.28. The summed E-state index contributed by atoms with van der Waals surface area (Å²) in [6.45, 7) is 6.19. The number of nitrogens with one attached hydrogen (secondary N) is 1. The summed E-state index contributed by atoms with van der Waals surface area (Å²) in [4.78, 5) is 47.7. The Labute approximate surface area is 124 Å². The Morgan fingerprint density at radius 3 is 1.86 bits per heavy atom. The molecule has 0 spiro atoms. The lowest BCUT2D eigenvalue weighted by atomic mass is 9.99. The average Bonchev–Trinajstić information content (AvgIpc) is 2.43. The molecule has 0 heterocycles. The van der Waals surface area contributed by atoms with Gasteiger partial charge in [-0.2, -0.15) is 0 Å². The summed E-state index contributed by atoms with van der Waals surface area (Å²) >= 11 is 0. The van der Waals surface area contributed by atoms with E-state index in [2.05, 4.69) is 5.32 Å². The number of hydrogen-bond donors (Lipinski definition) is 2. The maximum atomic E-state index is 12.3. The van der Waals surface area contributed by atoms with Crippen molar-refractivity contribution in [1.29, 1.82) is 0 Å². The van der Waals surface area contributed by atoms with E-state index in [4.69, 9.17) is 5.11 Å². The highest BCUT2D eigenvalue weighted by Gasteiger charge is 2.33. The largest absolute Gasteiger partial charge is 0.480 e. The Morgan fingerprint density at radius 2 is 1.52 bits per heavy atom. The van der Waals surface area contributed by atoms with Crippen LogP contribution in [-0.2, 0) is 19.2 Å². The Morgan fingerprint density at radius 1 is 1.05 bits per heavy atom. The molecule has 21 heavy (non-hydrogen) atoms. The van der Waals surface area contributed by atoms with E-state index < -0.39 is 23.8 Å². The molecule has 0 aliphatic heterocycles. The zero-order chi connectivity index (χ0) is 16.6. The number of Topliss-reactive ketones (excluding diaryl/α,β-unsaturated/α-hetero) is 1. The van der Waals surface area contributed by atoms with E-state index in [1.165, 1.54) is 0 Å². The molecule has 0 bridgehead atoms. The van der Waals surface area contributed by atoms with Crippen LogP contribution >= 0.6 is 0 Å². The minimum Gasteiger partial charge on any atom is -0.480 e. The van der Waals surface area contributed by atoms with E-state index in [0.717, 1.165) is 4.90 Å². The minimum atomic E-state index is -1.07. The summed E-state index contributed by atoms with van der Waals surface area (Å²) in [5, 5.41) is 11.2. The van der Waals surface area contributed by atoms with Gasteiger partial charge in [-0.25, -0.2) is 0 Å². The van der Waals surface area contributed by atoms with E-state index >= 15 is 0 Å². The van der Waals surface area contributed by atoms with Gasteiger partial charge in [0.05, 0.1) is 6.54 Å². The van der Waals surface area contributed by atoms with Crippen LogP contribution in [0.1, 0.15) is 40.5 Å². The minimum absolute atomic E-state index is 0.0548. The molecule has 0 aromatic rings. The lowest BCUT2D eigenvalue weighted by Gasteiger charge is -2.30. The quantitative estimate of drug-likeness (QED) is 0.640. The van der Waals surface area contributed by atoms with Gasteiger partial charge in [-0.1, -0.05) is 27.7 Å². The second kappa shape index (κ2) is 9.23. The van der Waals surface area contributed by atoms with Crippen molar-refractivity contribution in [2.45, 2.75) is 46.6 Å². The van der Waals surface area contributed by atoms with E-state index in [1.807, 2.05) is 0 Å². The molecule has 7 heteroatoms. The Hall–Kier alpha value is -1.76. The van der Waals surface area contributed by atoms with Gasteiger partial charge in [0.1, 0.15) is 6.04 Å². The number of hydrogen-bond acceptors (Lipinski definition) is 5. The first-order valence-corrected chi connectivity index (χ1v) is 7.07. The van der Waals surface area contributed by atoms with Crippen molar-refractivity contribution in [1.82, 2.24) is 10.2 Å². The first-order valence-electron chi connectivity index (χ1n) is 7.07. The second-order valence-electron chi connectivity index (χ2n) is 4.96. The summed E-state index contributed by atoms with van der Waals surface area (Å²) < 4.78 is 0. The predicted octanol–water partition coefficient (Wildman–Crippen LogP) is 0.429. The van der Waals surface area contributed by atoms with E-state index in [-0.39, 0.29) is 37.6 Å². The van der Waals surface area contributed by atoms with Crippen molar-refractivity contribution in [3.63, 3.8) is 0 Å². The van der Waals surface area contributed by atoms with E-state index in [1.54, 1.807) is 27.7 Å². The van der Waals surface area contributed by atoms with Gasteiger partial charge in [-0.15, -0.1) is 0 Å². The van der Waals surface area contributed by atoms with Crippen molar-refractivity contribution < 1.29 is 24.3 Å². The van der Waals surface area contributed by atoms with Gasteiger partial charge in [0.2, 0.25) is 11.8 Å². The molecular formula is C14H24N2O5. The highest BCUT2D eigenvalue weighted by Crippen LogP contribution is 2.11. The number of carboxylic acid groups (broad SMARTS) is 1. The number of rotatable bonds is 9. The topological polar surface area (TPSA) is 104 Å². The zero-order valence-corrected chi connectivity index (χ0v) is 13.0. The SMILES string of the molecule is CCC(=O)N(C(=O)CC)C(CNCC(=O)O)C(=O)C(C)C. The number of amides is 2. The molecule has 1 unspecified atom stereocenters. The third-order valence-electron chi connectivity index (χ3n) is 2.97. The second-order valence-corrected chi connectivity index (χ2v) is 4.96. The standard InChI is InChI=1S/C14H24N2O5/c1-5-11(17)16(12(18)6-2)10(14(21)9(3)4)7-15-8-13(19)20/h9-10,15H,5-8H2,1-4H3,(H,19,20). The van der Waals surface area contributed by atoms with Crippen LogP contribution in [0, 0.1) is 5.92 Å². The molecule has 0 rings (SSSR count). The first-order chi connectivity index (χ1) is 9.76. The van der Waals surface area contributed by atoms with Crippen molar-refractivity contribution in [3.05, 3.63) is 0 Å². The van der Waals surface area contributed by atoms with Crippen LogP contribution in [0.4, 0.5) is 0 Å². The number of ketones is 1. The molecule has 0 aromatic heterocycles. The van der Waals surface area contributed by atoms with Gasteiger partial charge in [-0.05, 0) is 0 Å². The van der Waals surface area contributed by atoms with Gasteiger partial charge >= 0.3 is 5.97 Å². The molecule has 2 amide bonds. The van der Waals surface area contributed by atoms with Gasteiger partial charge < -0.3 is 10.4 Å². The van der Waals surface area contributed by atoms with Crippen molar-refractivity contribution in [2.75, 3.05) is 13.1 Å². The number of imide groups is 1. The highest BCUT2D eigenvalue weighted by atomic mass is 16.4. The highest BCUT2D eigenvalue weighted by molar-refractivity contribution is 6.01. The van der Waals surface area contributed by atoms with Crippen molar-refractivity contribution in [2.24, 2.45) is 5.92 Å². The summed E-state index contributed by atoms with van der Waals surface area (Å²) in [6.07, 6.45) is 0.207. The molecule has 0 aromatic carbocycles. The summed E-state index contributed by atoms with van der Waals surface area (Å²) in [7, 11) is 0. The van der Waals surface area contributed by atoms with E-state index in [9.17, 15) is 19.2 Å². The molecule has 7 nitrogen and oxygen atoms in total. The molecule has 120 valence electrons. The maximum absolute atomic E-state index is 12.3. The summed E-state index contributed by atoms with van der Waals surface area (Å²) in [5.41, 5.74) is 0. The van der Waals surface area contributed by atoms with Crippen molar-refractivity contribution >= 4 is 23.6 Å². The van der Waals surface area contributed by atoms with Gasteiger partial charge in [-0.3, -0.25) is 24.1 Å². The van der Waals surface area contributed by atoms with Gasteiger partial charge in [0, 0.05) is 25.3 Å². The smallest absolute Gasteiger partial charge is 0.317 e. The van der Waals surface area contributed by atoms with Crippen LogP contribution in [-0.4, -0.2) is 52.7 Å². The molecule has 0 radical (unpaired) electrons. The molecular weight excluding hydrogens is 276 g/mol. The molecule has 2 N–H and O–H groups in total. The van der Waals surface area contributed by atoms with Gasteiger partial charge in [0.15, 0.2) is 5.78 Å². The Bertz CT molecular complexity index is 390.